The number of aromatic amines is 1. The highest BCUT2D eigenvalue weighted by Gasteiger charge is 2.39. The van der Waals surface area contributed by atoms with Gasteiger partial charge in [0.1, 0.15) is 5.56 Å². The SMILES string of the molecule is CN(C)C(=O)N1C[C@@H]2CC[C@H](C1)N(C(=O)c1cnc[nH]c1=O)C2. The van der Waals surface area contributed by atoms with Gasteiger partial charge in [-0.2, -0.15) is 0 Å². The van der Waals surface area contributed by atoms with Gasteiger partial charge in [0, 0.05) is 46.0 Å². The Labute approximate surface area is 134 Å². The maximum atomic E-state index is 12.7. The molecular formula is C15H21N5O3. The summed E-state index contributed by atoms with van der Waals surface area (Å²) in [5.41, 5.74) is -0.364. The molecule has 0 radical (unpaired) electrons. The number of hydrogen-bond donors (Lipinski definition) is 1. The number of aromatic nitrogens is 2. The van der Waals surface area contributed by atoms with E-state index < -0.39 is 5.56 Å². The molecule has 8 nitrogen and oxygen atoms in total. The topological polar surface area (TPSA) is 89.6 Å². The second kappa shape index (κ2) is 6.02. The summed E-state index contributed by atoms with van der Waals surface area (Å²) < 4.78 is 0. The number of carbonyl (C=O) groups is 2. The van der Waals surface area contributed by atoms with Crippen LogP contribution in [0.25, 0.3) is 0 Å². The van der Waals surface area contributed by atoms with Gasteiger partial charge >= 0.3 is 6.03 Å². The van der Waals surface area contributed by atoms with Gasteiger partial charge in [0.25, 0.3) is 11.5 Å². The van der Waals surface area contributed by atoms with Crippen LogP contribution in [0, 0.1) is 5.92 Å². The molecule has 1 aromatic rings. The molecule has 3 aliphatic rings. The fourth-order valence-corrected chi connectivity index (χ4v) is 3.42. The third-order valence-electron chi connectivity index (χ3n) is 4.58. The number of carbonyl (C=O) groups excluding carboxylic acids is 2. The lowest BCUT2D eigenvalue weighted by Gasteiger charge is -2.35. The molecule has 4 heterocycles. The van der Waals surface area contributed by atoms with Gasteiger partial charge in [-0.05, 0) is 18.8 Å². The van der Waals surface area contributed by atoms with E-state index in [4.69, 9.17) is 0 Å². The summed E-state index contributed by atoms with van der Waals surface area (Å²) in [7, 11) is 3.46. The maximum Gasteiger partial charge on any atom is 0.319 e. The van der Waals surface area contributed by atoms with Gasteiger partial charge in [-0.25, -0.2) is 9.78 Å². The van der Waals surface area contributed by atoms with Crippen LogP contribution < -0.4 is 5.56 Å². The highest BCUT2D eigenvalue weighted by molar-refractivity contribution is 5.94. The van der Waals surface area contributed by atoms with Crippen molar-refractivity contribution in [1.82, 2.24) is 24.7 Å². The van der Waals surface area contributed by atoms with Crippen molar-refractivity contribution < 1.29 is 9.59 Å². The maximum absolute atomic E-state index is 12.7. The zero-order chi connectivity index (χ0) is 16.6. The molecule has 8 heteroatoms. The number of hydrogen-bond acceptors (Lipinski definition) is 4. The van der Waals surface area contributed by atoms with Crippen LogP contribution in [0.4, 0.5) is 4.79 Å². The lowest BCUT2D eigenvalue weighted by molar-refractivity contribution is 0.0583. The van der Waals surface area contributed by atoms with Crippen LogP contribution in [0.1, 0.15) is 23.2 Å². The van der Waals surface area contributed by atoms with Crippen molar-refractivity contribution in [2.75, 3.05) is 33.7 Å². The smallest absolute Gasteiger partial charge is 0.319 e. The van der Waals surface area contributed by atoms with Crippen molar-refractivity contribution in [3.63, 3.8) is 0 Å². The van der Waals surface area contributed by atoms with Crippen LogP contribution in [0.15, 0.2) is 17.3 Å². The Kier molecular flexibility index (Phi) is 4.06. The summed E-state index contributed by atoms with van der Waals surface area (Å²) >= 11 is 0. The van der Waals surface area contributed by atoms with E-state index >= 15 is 0 Å². The van der Waals surface area contributed by atoms with Crippen molar-refractivity contribution in [2.45, 2.75) is 18.9 Å². The Balaban J connectivity index is 1.83. The van der Waals surface area contributed by atoms with E-state index in [-0.39, 0.29) is 29.5 Å². The summed E-state index contributed by atoms with van der Waals surface area (Å²) in [5, 5.41) is 0. The Morgan fingerprint density at radius 1 is 1.26 bits per heavy atom. The van der Waals surface area contributed by atoms with Crippen molar-refractivity contribution in [1.29, 1.82) is 0 Å². The molecule has 3 fully saturated rings. The lowest BCUT2D eigenvalue weighted by Crippen LogP contribution is -2.49. The van der Waals surface area contributed by atoms with Crippen LogP contribution >= 0.6 is 0 Å². The van der Waals surface area contributed by atoms with E-state index in [1.807, 2.05) is 4.90 Å². The molecule has 23 heavy (non-hydrogen) atoms. The molecule has 0 aliphatic carbocycles. The summed E-state index contributed by atoms with van der Waals surface area (Å²) in [5.74, 6) is -0.0504. The first-order valence-electron chi connectivity index (χ1n) is 7.77. The first kappa shape index (κ1) is 15.5. The summed E-state index contributed by atoms with van der Waals surface area (Å²) in [6.07, 6.45) is 4.43. The predicted molar refractivity (Wildman–Crippen MR) is 83.1 cm³/mol. The molecule has 3 amide bonds. The molecular weight excluding hydrogens is 298 g/mol. The molecule has 1 aromatic heterocycles. The summed E-state index contributed by atoms with van der Waals surface area (Å²) in [6, 6.07) is -0.0832. The Bertz CT molecular complexity index is 671. The number of nitrogens with one attached hydrogen (secondary N) is 1. The number of rotatable bonds is 1. The van der Waals surface area contributed by atoms with E-state index in [9.17, 15) is 14.4 Å². The number of piperidine rings is 1. The zero-order valence-corrected chi connectivity index (χ0v) is 13.4. The van der Waals surface area contributed by atoms with Gasteiger partial charge in [0.2, 0.25) is 0 Å². The number of nitrogens with zero attached hydrogens (tertiary/aromatic N) is 4. The standard InChI is InChI=1S/C15H21N5O3/c1-18(2)15(23)19-6-10-3-4-11(8-19)20(7-10)14(22)12-5-16-9-17-13(12)21/h5,9-11H,3-4,6-8H2,1-2H3,(H,16,17,21)/t10-,11+/m0/s1. The highest BCUT2D eigenvalue weighted by atomic mass is 16.2. The van der Waals surface area contributed by atoms with Gasteiger partial charge in [-0.15, -0.1) is 0 Å². The molecule has 0 unspecified atom stereocenters. The molecule has 0 saturated carbocycles. The third-order valence-corrected chi connectivity index (χ3v) is 4.58. The summed E-state index contributed by atoms with van der Waals surface area (Å²) in [4.78, 5) is 48.2. The van der Waals surface area contributed by atoms with Gasteiger partial charge in [-0.3, -0.25) is 9.59 Å². The zero-order valence-electron chi connectivity index (χ0n) is 13.4. The van der Waals surface area contributed by atoms with E-state index in [1.165, 1.54) is 12.5 Å². The molecule has 3 saturated heterocycles. The average Bonchev–Trinajstić information content (AvgIpc) is 2.85. The monoisotopic (exact) mass is 319 g/mol. The average molecular weight is 319 g/mol. The van der Waals surface area contributed by atoms with Crippen LogP contribution in [-0.4, -0.2) is 76.4 Å². The first-order valence-corrected chi connectivity index (χ1v) is 7.77. The number of urea groups is 1. The van der Waals surface area contributed by atoms with E-state index in [0.29, 0.717) is 19.6 Å². The predicted octanol–water partition coefficient (Wildman–Crippen LogP) is -0.0121. The van der Waals surface area contributed by atoms with Crippen molar-refractivity contribution >= 4 is 11.9 Å². The van der Waals surface area contributed by atoms with Gasteiger partial charge in [0.15, 0.2) is 0 Å². The molecule has 2 bridgehead atoms. The number of fused-ring (bicyclic) bond motifs is 4. The van der Waals surface area contributed by atoms with E-state index in [1.54, 1.807) is 23.9 Å². The molecule has 0 aromatic carbocycles. The fraction of sp³-hybridized carbons (Fsp3) is 0.600. The van der Waals surface area contributed by atoms with E-state index in [0.717, 1.165) is 12.8 Å². The minimum absolute atomic E-state index is 0.0320. The van der Waals surface area contributed by atoms with Gasteiger partial charge < -0.3 is 19.7 Å². The highest BCUT2D eigenvalue weighted by Crippen LogP contribution is 2.29. The molecule has 0 spiro atoms. The van der Waals surface area contributed by atoms with Crippen LogP contribution in [-0.2, 0) is 0 Å². The Morgan fingerprint density at radius 3 is 2.74 bits per heavy atom. The lowest BCUT2D eigenvalue weighted by atomic mass is 9.94. The normalized spacial score (nSPS) is 23.6. The minimum atomic E-state index is -0.425. The Morgan fingerprint density at radius 2 is 2.04 bits per heavy atom. The van der Waals surface area contributed by atoms with E-state index in [2.05, 4.69) is 9.97 Å². The second-order valence-electron chi connectivity index (χ2n) is 6.43. The molecule has 2 atom stereocenters. The third kappa shape index (κ3) is 2.93. The van der Waals surface area contributed by atoms with Crippen LogP contribution in [0.5, 0.6) is 0 Å². The van der Waals surface area contributed by atoms with Crippen molar-refractivity contribution in [3.8, 4) is 0 Å². The van der Waals surface area contributed by atoms with Crippen LogP contribution in [0.2, 0.25) is 0 Å². The van der Waals surface area contributed by atoms with Gasteiger partial charge in [-0.1, -0.05) is 0 Å². The molecule has 3 aliphatic heterocycles. The first-order chi connectivity index (χ1) is 11.0. The molecule has 1 N–H and O–H groups in total. The fourth-order valence-electron chi connectivity index (χ4n) is 3.42. The largest absolute Gasteiger partial charge is 0.333 e. The second-order valence-corrected chi connectivity index (χ2v) is 6.43. The van der Waals surface area contributed by atoms with Gasteiger partial charge in [0.05, 0.1) is 6.33 Å². The number of amides is 3. The Hall–Kier alpha value is -2.38. The molecule has 124 valence electrons. The quantitative estimate of drug-likeness (QED) is 0.788. The summed E-state index contributed by atoms with van der Waals surface area (Å²) in [6.45, 7) is 1.74. The van der Waals surface area contributed by atoms with Crippen LogP contribution in [0.3, 0.4) is 0 Å². The van der Waals surface area contributed by atoms with Crippen molar-refractivity contribution in [3.05, 3.63) is 28.4 Å². The minimum Gasteiger partial charge on any atom is -0.333 e. The van der Waals surface area contributed by atoms with Crippen molar-refractivity contribution in [2.24, 2.45) is 5.92 Å². The molecule has 4 rings (SSSR count). The number of H-pyrrole nitrogens is 1.